The number of ether oxygens (including phenoxy) is 2. The molecule has 0 aromatic heterocycles. The van der Waals surface area contributed by atoms with Crippen molar-refractivity contribution in [2.75, 3.05) is 19.0 Å². The number of hydrogen-bond acceptors (Lipinski definition) is 3. The second-order valence-electron chi connectivity index (χ2n) is 4.98. The molecule has 20 heavy (non-hydrogen) atoms. The Labute approximate surface area is 123 Å². The summed E-state index contributed by atoms with van der Waals surface area (Å²) in [6, 6.07) is 9.54. The highest BCUT2D eigenvalue weighted by molar-refractivity contribution is 7.85. The topological polar surface area (TPSA) is 35.5 Å². The van der Waals surface area contributed by atoms with Gasteiger partial charge in [-0.1, -0.05) is 29.8 Å². The molecule has 2 rings (SSSR count). The van der Waals surface area contributed by atoms with Crippen molar-refractivity contribution in [3.8, 4) is 0 Å². The molecule has 0 N–H and O–H groups in total. The normalized spacial score (nSPS) is 21.6. The van der Waals surface area contributed by atoms with E-state index in [2.05, 4.69) is 0 Å². The van der Waals surface area contributed by atoms with E-state index in [4.69, 9.17) is 9.47 Å². The predicted octanol–water partition coefficient (Wildman–Crippen LogP) is 3.28. The molecule has 110 valence electrons. The van der Waals surface area contributed by atoms with E-state index in [9.17, 15) is 4.21 Å². The fourth-order valence-corrected chi connectivity index (χ4v) is 3.10. The smallest absolute Gasteiger partial charge is 0.158 e. The monoisotopic (exact) mass is 294 g/mol. The first kappa shape index (κ1) is 15.4. The highest BCUT2D eigenvalue weighted by atomic mass is 32.2. The lowest BCUT2D eigenvalue weighted by Crippen LogP contribution is -2.22. The van der Waals surface area contributed by atoms with Crippen LogP contribution >= 0.6 is 0 Å². The molecule has 1 fully saturated rings. The minimum atomic E-state index is -0.975. The van der Waals surface area contributed by atoms with Crippen LogP contribution in [0, 0.1) is 0 Å². The van der Waals surface area contributed by atoms with E-state index < -0.39 is 10.8 Å². The van der Waals surface area contributed by atoms with Crippen molar-refractivity contribution in [3.63, 3.8) is 0 Å². The lowest BCUT2D eigenvalue weighted by molar-refractivity contribution is -0.156. The summed E-state index contributed by atoms with van der Waals surface area (Å²) in [5.74, 6) is 0.532. The van der Waals surface area contributed by atoms with Crippen LogP contribution in [0.3, 0.4) is 0 Å². The van der Waals surface area contributed by atoms with Crippen molar-refractivity contribution in [2.45, 2.75) is 37.4 Å². The maximum Gasteiger partial charge on any atom is 0.158 e. The van der Waals surface area contributed by atoms with Gasteiger partial charge in [0.05, 0.1) is 17.4 Å². The molecule has 1 heterocycles. The molecule has 0 bridgehead atoms. The molecule has 1 saturated heterocycles. The standard InChI is InChI=1S/C16H22O3S/c1-14(13-19-16-9-5-6-11-18-16)10-12-20(17)15-7-3-2-4-8-15/h2-4,7-8,10,16H,5-6,9,11-13H2,1H3/b14-10+. The summed E-state index contributed by atoms with van der Waals surface area (Å²) in [7, 11) is -0.975. The van der Waals surface area contributed by atoms with Crippen LogP contribution in [0.2, 0.25) is 0 Å². The average Bonchev–Trinajstić information content (AvgIpc) is 2.52. The molecular formula is C16H22O3S. The Bertz CT molecular complexity index is 450. The van der Waals surface area contributed by atoms with Gasteiger partial charge in [0.1, 0.15) is 0 Å². The summed E-state index contributed by atoms with van der Waals surface area (Å²) in [6.45, 7) is 3.35. The first-order chi connectivity index (χ1) is 9.75. The van der Waals surface area contributed by atoms with Gasteiger partial charge in [-0.3, -0.25) is 4.21 Å². The van der Waals surface area contributed by atoms with Gasteiger partial charge in [0.25, 0.3) is 0 Å². The van der Waals surface area contributed by atoms with E-state index in [0.29, 0.717) is 12.4 Å². The van der Waals surface area contributed by atoms with E-state index >= 15 is 0 Å². The molecule has 2 atom stereocenters. The van der Waals surface area contributed by atoms with Crippen LogP contribution in [0.1, 0.15) is 26.2 Å². The molecule has 0 aliphatic carbocycles. The Morgan fingerprint density at radius 3 is 2.90 bits per heavy atom. The van der Waals surface area contributed by atoms with Crippen LogP contribution in [0.5, 0.6) is 0 Å². The molecule has 1 aromatic rings. The molecule has 1 aromatic carbocycles. The zero-order valence-corrected chi connectivity index (χ0v) is 12.7. The first-order valence-electron chi connectivity index (χ1n) is 7.08. The van der Waals surface area contributed by atoms with E-state index in [1.54, 1.807) is 0 Å². The highest BCUT2D eigenvalue weighted by Crippen LogP contribution is 2.14. The fraction of sp³-hybridized carbons (Fsp3) is 0.500. The van der Waals surface area contributed by atoms with Crippen molar-refractivity contribution in [1.82, 2.24) is 0 Å². The van der Waals surface area contributed by atoms with Gasteiger partial charge in [0, 0.05) is 17.3 Å². The van der Waals surface area contributed by atoms with E-state index in [1.807, 2.05) is 43.3 Å². The molecule has 0 saturated carbocycles. The Balaban J connectivity index is 1.74. The third kappa shape index (κ3) is 5.19. The van der Waals surface area contributed by atoms with Crippen LogP contribution in [0.15, 0.2) is 46.9 Å². The largest absolute Gasteiger partial charge is 0.353 e. The molecule has 0 radical (unpaired) electrons. The SMILES string of the molecule is C/C(=C\CS(=O)c1ccccc1)COC1CCCCO1. The Morgan fingerprint density at radius 2 is 2.20 bits per heavy atom. The second-order valence-corrected chi connectivity index (χ2v) is 6.48. The van der Waals surface area contributed by atoms with Gasteiger partial charge >= 0.3 is 0 Å². The van der Waals surface area contributed by atoms with Crippen LogP contribution < -0.4 is 0 Å². The third-order valence-electron chi connectivity index (χ3n) is 3.22. The molecule has 3 nitrogen and oxygen atoms in total. The molecule has 1 aliphatic rings. The van der Waals surface area contributed by atoms with E-state index in [0.717, 1.165) is 29.9 Å². The van der Waals surface area contributed by atoms with Crippen molar-refractivity contribution < 1.29 is 13.7 Å². The summed E-state index contributed by atoms with van der Waals surface area (Å²) >= 11 is 0. The quantitative estimate of drug-likeness (QED) is 0.755. The van der Waals surface area contributed by atoms with E-state index in [1.165, 1.54) is 6.42 Å². The lowest BCUT2D eigenvalue weighted by atomic mass is 10.2. The molecular weight excluding hydrogens is 272 g/mol. The average molecular weight is 294 g/mol. The number of benzene rings is 1. The third-order valence-corrected chi connectivity index (χ3v) is 4.49. The second kappa shape index (κ2) is 8.35. The Hall–Kier alpha value is -0.970. The van der Waals surface area contributed by atoms with Gasteiger partial charge in [-0.25, -0.2) is 0 Å². The number of hydrogen-bond donors (Lipinski definition) is 0. The van der Waals surface area contributed by atoms with Crippen molar-refractivity contribution >= 4 is 10.8 Å². The zero-order chi connectivity index (χ0) is 14.2. The van der Waals surface area contributed by atoms with Crippen molar-refractivity contribution in [3.05, 3.63) is 42.0 Å². The minimum Gasteiger partial charge on any atom is -0.353 e. The summed E-state index contributed by atoms with van der Waals surface area (Å²) < 4.78 is 23.3. The first-order valence-corrected chi connectivity index (χ1v) is 8.40. The molecule has 0 amide bonds. The van der Waals surface area contributed by atoms with Crippen LogP contribution in [0.25, 0.3) is 0 Å². The maximum absolute atomic E-state index is 12.1. The van der Waals surface area contributed by atoms with Crippen LogP contribution in [0.4, 0.5) is 0 Å². The van der Waals surface area contributed by atoms with E-state index in [-0.39, 0.29) is 6.29 Å². The molecule has 0 spiro atoms. The van der Waals surface area contributed by atoms with Gasteiger partial charge in [-0.15, -0.1) is 0 Å². The Kier molecular flexibility index (Phi) is 6.43. The predicted molar refractivity (Wildman–Crippen MR) is 81.0 cm³/mol. The Morgan fingerprint density at radius 1 is 1.40 bits per heavy atom. The number of rotatable bonds is 6. The van der Waals surface area contributed by atoms with Gasteiger partial charge in [0.15, 0.2) is 6.29 Å². The molecule has 4 heteroatoms. The molecule has 2 unspecified atom stereocenters. The van der Waals surface area contributed by atoms with Gasteiger partial charge in [-0.05, 0) is 38.3 Å². The summed E-state index contributed by atoms with van der Waals surface area (Å²) in [4.78, 5) is 0.869. The summed E-state index contributed by atoms with van der Waals surface area (Å²) in [5, 5.41) is 0. The highest BCUT2D eigenvalue weighted by Gasteiger charge is 2.13. The zero-order valence-electron chi connectivity index (χ0n) is 11.9. The van der Waals surface area contributed by atoms with Crippen LogP contribution in [-0.2, 0) is 20.3 Å². The van der Waals surface area contributed by atoms with Gasteiger partial charge in [0.2, 0.25) is 0 Å². The lowest BCUT2D eigenvalue weighted by Gasteiger charge is -2.22. The summed E-state index contributed by atoms with van der Waals surface area (Å²) in [6.07, 6.45) is 5.21. The minimum absolute atomic E-state index is 0.0632. The van der Waals surface area contributed by atoms with Gasteiger partial charge in [-0.2, -0.15) is 0 Å². The fourth-order valence-electron chi connectivity index (χ4n) is 2.01. The van der Waals surface area contributed by atoms with Crippen molar-refractivity contribution in [2.24, 2.45) is 0 Å². The summed E-state index contributed by atoms with van der Waals surface area (Å²) in [5.41, 5.74) is 1.10. The maximum atomic E-state index is 12.1. The van der Waals surface area contributed by atoms with Gasteiger partial charge < -0.3 is 9.47 Å². The molecule has 1 aliphatic heterocycles. The van der Waals surface area contributed by atoms with Crippen LogP contribution in [-0.4, -0.2) is 29.5 Å². The van der Waals surface area contributed by atoms with Crippen molar-refractivity contribution in [1.29, 1.82) is 0 Å².